The molecular formula is C12H17FO3. The Bertz CT molecular complexity index is 328. The lowest BCUT2D eigenvalue weighted by Crippen LogP contribution is -2.01. The van der Waals surface area contributed by atoms with Crippen LogP contribution in [0.4, 0.5) is 4.39 Å². The van der Waals surface area contributed by atoms with Gasteiger partial charge in [0.25, 0.3) is 0 Å². The summed E-state index contributed by atoms with van der Waals surface area (Å²) >= 11 is 0. The van der Waals surface area contributed by atoms with Gasteiger partial charge in [0.15, 0.2) is 11.6 Å². The van der Waals surface area contributed by atoms with Gasteiger partial charge in [-0.05, 0) is 30.5 Å². The van der Waals surface area contributed by atoms with E-state index in [1.54, 1.807) is 13.2 Å². The molecule has 90 valence electrons. The van der Waals surface area contributed by atoms with Crippen molar-refractivity contribution in [1.29, 1.82) is 0 Å². The summed E-state index contributed by atoms with van der Waals surface area (Å²) < 4.78 is 23.0. The number of benzene rings is 1. The quantitative estimate of drug-likeness (QED) is 0.759. The molecular weight excluding hydrogens is 211 g/mol. The van der Waals surface area contributed by atoms with Gasteiger partial charge in [0.2, 0.25) is 0 Å². The summed E-state index contributed by atoms with van der Waals surface area (Å²) in [6.45, 7) is 0.593. The molecule has 0 saturated carbocycles. The molecule has 0 aromatic heterocycles. The predicted molar refractivity (Wildman–Crippen MR) is 59.0 cm³/mol. The SMILES string of the molecule is COCCCC(O)c1ccc(OC)c(F)c1. The molecule has 4 heteroatoms. The molecule has 1 unspecified atom stereocenters. The Hall–Kier alpha value is -1.13. The van der Waals surface area contributed by atoms with E-state index in [2.05, 4.69) is 0 Å². The second kappa shape index (κ2) is 6.45. The Morgan fingerprint density at radius 2 is 2.12 bits per heavy atom. The first-order valence-corrected chi connectivity index (χ1v) is 5.19. The molecule has 0 aliphatic carbocycles. The lowest BCUT2D eigenvalue weighted by atomic mass is 10.0. The number of hydrogen-bond acceptors (Lipinski definition) is 3. The molecule has 0 bridgehead atoms. The van der Waals surface area contributed by atoms with Gasteiger partial charge in [0.1, 0.15) is 0 Å². The number of methoxy groups -OCH3 is 2. The van der Waals surface area contributed by atoms with Gasteiger partial charge in [-0.1, -0.05) is 6.07 Å². The van der Waals surface area contributed by atoms with Gasteiger partial charge in [0, 0.05) is 13.7 Å². The van der Waals surface area contributed by atoms with E-state index in [1.807, 2.05) is 0 Å². The Morgan fingerprint density at radius 3 is 2.69 bits per heavy atom. The Morgan fingerprint density at radius 1 is 1.38 bits per heavy atom. The number of aliphatic hydroxyl groups excluding tert-OH is 1. The summed E-state index contributed by atoms with van der Waals surface area (Å²) in [5.41, 5.74) is 0.564. The van der Waals surface area contributed by atoms with E-state index in [0.717, 1.165) is 6.42 Å². The van der Waals surface area contributed by atoms with Crippen LogP contribution in [0.1, 0.15) is 24.5 Å². The van der Waals surface area contributed by atoms with Gasteiger partial charge in [0.05, 0.1) is 13.2 Å². The van der Waals surface area contributed by atoms with Crippen molar-refractivity contribution in [3.05, 3.63) is 29.6 Å². The van der Waals surface area contributed by atoms with Crippen molar-refractivity contribution in [1.82, 2.24) is 0 Å². The molecule has 0 spiro atoms. The molecule has 1 aromatic carbocycles. The highest BCUT2D eigenvalue weighted by Gasteiger charge is 2.10. The van der Waals surface area contributed by atoms with E-state index in [9.17, 15) is 9.50 Å². The highest BCUT2D eigenvalue weighted by atomic mass is 19.1. The van der Waals surface area contributed by atoms with Crippen LogP contribution in [0.3, 0.4) is 0 Å². The molecule has 1 rings (SSSR count). The summed E-state index contributed by atoms with van der Waals surface area (Å²) in [6, 6.07) is 4.49. The average Bonchev–Trinajstić information content (AvgIpc) is 2.29. The number of hydrogen-bond donors (Lipinski definition) is 1. The standard InChI is InChI=1S/C12H17FO3/c1-15-7-3-4-11(14)9-5-6-12(16-2)10(13)8-9/h5-6,8,11,14H,3-4,7H2,1-2H3. The van der Waals surface area contributed by atoms with Crippen LogP contribution in [0.25, 0.3) is 0 Å². The number of aliphatic hydroxyl groups is 1. The maximum atomic E-state index is 13.3. The van der Waals surface area contributed by atoms with E-state index in [-0.39, 0.29) is 5.75 Å². The zero-order chi connectivity index (χ0) is 12.0. The highest BCUT2D eigenvalue weighted by molar-refractivity contribution is 5.30. The molecule has 3 nitrogen and oxygen atoms in total. The van der Waals surface area contributed by atoms with Crippen molar-refractivity contribution in [2.75, 3.05) is 20.8 Å². The third kappa shape index (κ3) is 3.47. The van der Waals surface area contributed by atoms with Crippen LogP contribution in [0.5, 0.6) is 5.75 Å². The summed E-state index contributed by atoms with van der Waals surface area (Å²) in [5, 5.41) is 9.77. The first kappa shape index (κ1) is 12.9. The fraction of sp³-hybridized carbons (Fsp3) is 0.500. The molecule has 1 aromatic rings. The van der Waals surface area contributed by atoms with Gasteiger partial charge >= 0.3 is 0 Å². The predicted octanol–water partition coefficient (Wildman–Crippen LogP) is 2.29. The summed E-state index contributed by atoms with van der Waals surface area (Å²) in [6.07, 6.45) is 0.640. The minimum atomic E-state index is -0.657. The molecule has 0 amide bonds. The number of ether oxygens (including phenoxy) is 2. The van der Waals surface area contributed by atoms with E-state index >= 15 is 0 Å². The third-order valence-corrected chi connectivity index (χ3v) is 2.39. The summed E-state index contributed by atoms with van der Waals surface area (Å²) in [4.78, 5) is 0. The summed E-state index contributed by atoms with van der Waals surface area (Å²) in [7, 11) is 3.02. The Balaban J connectivity index is 2.62. The lowest BCUT2D eigenvalue weighted by molar-refractivity contribution is 0.136. The van der Waals surface area contributed by atoms with Crippen LogP contribution >= 0.6 is 0 Å². The minimum absolute atomic E-state index is 0.188. The molecule has 0 saturated heterocycles. The van der Waals surface area contributed by atoms with Crippen molar-refractivity contribution < 1.29 is 19.0 Å². The van der Waals surface area contributed by atoms with Crippen molar-refractivity contribution in [3.8, 4) is 5.75 Å². The van der Waals surface area contributed by atoms with Gasteiger partial charge in [-0.2, -0.15) is 0 Å². The first-order chi connectivity index (χ1) is 7.69. The normalized spacial score (nSPS) is 12.5. The molecule has 0 fully saturated rings. The fourth-order valence-electron chi connectivity index (χ4n) is 1.48. The van der Waals surface area contributed by atoms with Crippen LogP contribution in [0.2, 0.25) is 0 Å². The lowest BCUT2D eigenvalue weighted by Gasteiger charge is -2.11. The smallest absolute Gasteiger partial charge is 0.165 e. The minimum Gasteiger partial charge on any atom is -0.494 e. The zero-order valence-electron chi connectivity index (χ0n) is 9.57. The highest BCUT2D eigenvalue weighted by Crippen LogP contribution is 2.24. The zero-order valence-corrected chi connectivity index (χ0v) is 9.57. The van der Waals surface area contributed by atoms with E-state index in [1.165, 1.54) is 19.2 Å². The number of rotatable bonds is 6. The van der Waals surface area contributed by atoms with Gasteiger partial charge in [-0.25, -0.2) is 4.39 Å². The van der Waals surface area contributed by atoms with E-state index < -0.39 is 11.9 Å². The van der Waals surface area contributed by atoms with Crippen LogP contribution in [0, 0.1) is 5.82 Å². The third-order valence-electron chi connectivity index (χ3n) is 2.39. The second-order valence-electron chi connectivity index (χ2n) is 3.54. The van der Waals surface area contributed by atoms with Crippen LogP contribution in [-0.2, 0) is 4.74 Å². The van der Waals surface area contributed by atoms with E-state index in [0.29, 0.717) is 18.6 Å². The first-order valence-electron chi connectivity index (χ1n) is 5.19. The van der Waals surface area contributed by atoms with Crippen LogP contribution in [-0.4, -0.2) is 25.9 Å². The van der Waals surface area contributed by atoms with Gasteiger partial charge < -0.3 is 14.6 Å². The molecule has 0 aliphatic heterocycles. The maximum Gasteiger partial charge on any atom is 0.165 e. The average molecular weight is 228 g/mol. The topological polar surface area (TPSA) is 38.7 Å². The van der Waals surface area contributed by atoms with Crippen LogP contribution in [0.15, 0.2) is 18.2 Å². The van der Waals surface area contributed by atoms with Crippen LogP contribution < -0.4 is 4.74 Å². The maximum absolute atomic E-state index is 13.3. The molecule has 0 heterocycles. The second-order valence-corrected chi connectivity index (χ2v) is 3.54. The Kier molecular flexibility index (Phi) is 5.22. The van der Waals surface area contributed by atoms with E-state index in [4.69, 9.17) is 9.47 Å². The monoisotopic (exact) mass is 228 g/mol. The van der Waals surface area contributed by atoms with Crippen molar-refractivity contribution in [2.45, 2.75) is 18.9 Å². The molecule has 0 aliphatic rings. The molecule has 0 radical (unpaired) electrons. The summed E-state index contributed by atoms with van der Waals surface area (Å²) in [5.74, 6) is -0.265. The molecule has 1 N–H and O–H groups in total. The van der Waals surface area contributed by atoms with Gasteiger partial charge in [-0.15, -0.1) is 0 Å². The molecule has 1 atom stereocenters. The molecule has 16 heavy (non-hydrogen) atoms. The van der Waals surface area contributed by atoms with Crippen molar-refractivity contribution in [2.24, 2.45) is 0 Å². The Labute approximate surface area is 94.8 Å². The van der Waals surface area contributed by atoms with Crippen molar-refractivity contribution >= 4 is 0 Å². The fourth-order valence-corrected chi connectivity index (χ4v) is 1.48. The van der Waals surface area contributed by atoms with Gasteiger partial charge in [-0.3, -0.25) is 0 Å². The largest absolute Gasteiger partial charge is 0.494 e. The van der Waals surface area contributed by atoms with Crippen molar-refractivity contribution in [3.63, 3.8) is 0 Å². The number of halogens is 1.